The summed E-state index contributed by atoms with van der Waals surface area (Å²) < 4.78 is 11.0. The van der Waals surface area contributed by atoms with Gasteiger partial charge in [0.15, 0.2) is 6.10 Å². The molecule has 0 fully saturated rings. The van der Waals surface area contributed by atoms with Crippen molar-refractivity contribution in [2.75, 3.05) is 0 Å². The van der Waals surface area contributed by atoms with Gasteiger partial charge in [0.25, 0.3) is 0 Å². The van der Waals surface area contributed by atoms with Crippen molar-refractivity contribution in [2.45, 2.75) is 13.0 Å². The molecule has 1 unspecified atom stereocenters. The number of para-hydroxylation sites is 1. The number of nitrogens with zero attached hydrogens (tertiary/aromatic N) is 2. The molecule has 0 spiro atoms. The van der Waals surface area contributed by atoms with Crippen LogP contribution in [0.5, 0.6) is 0 Å². The Hall–Kier alpha value is -2.74. The largest absolute Gasteiger partial charge is 0.449 e. The van der Waals surface area contributed by atoms with Gasteiger partial charge in [0, 0.05) is 0 Å². The van der Waals surface area contributed by atoms with E-state index in [-0.39, 0.29) is 5.76 Å². The van der Waals surface area contributed by atoms with E-state index < -0.39 is 22.9 Å². The maximum atomic E-state index is 11.9. The van der Waals surface area contributed by atoms with Gasteiger partial charge in [-0.05, 0) is 25.1 Å². The number of benzene rings is 1. The second kappa shape index (κ2) is 5.57. The van der Waals surface area contributed by atoms with Crippen molar-refractivity contribution in [1.82, 2.24) is 4.98 Å². The number of aromatic nitrogens is 1. The van der Waals surface area contributed by atoms with Gasteiger partial charge in [-0.1, -0.05) is 12.1 Å². The number of hydrogen-bond acceptors (Lipinski definition) is 7. The minimum atomic E-state index is -0.764. The molecule has 0 saturated heterocycles. The second-order valence-corrected chi connectivity index (χ2v) is 5.52. The van der Waals surface area contributed by atoms with Crippen LogP contribution in [-0.4, -0.2) is 15.9 Å². The SMILES string of the molecule is CC(OC(=O)c1ccc([N+](=O)[O-])o1)c1nc2ccccc2s1. The Bertz CT molecular complexity index is 821. The normalized spacial score (nSPS) is 12.2. The van der Waals surface area contributed by atoms with Crippen molar-refractivity contribution < 1.29 is 18.9 Å². The Morgan fingerprint density at radius 3 is 2.82 bits per heavy atom. The molecule has 0 radical (unpaired) electrons. The van der Waals surface area contributed by atoms with Crippen molar-refractivity contribution in [1.29, 1.82) is 0 Å². The fourth-order valence-corrected chi connectivity index (χ4v) is 2.82. The summed E-state index contributed by atoms with van der Waals surface area (Å²) in [5, 5.41) is 11.2. The summed E-state index contributed by atoms with van der Waals surface area (Å²) in [7, 11) is 0. The van der Waals surface area contributed by atoms with Gasteiger partial charge in [-0.3, -0.25) is 10.1 Å². The minimum Gasteiger partial charge on any atom is -0.449 e. The lowest BCUT2D eigenvalue weighted by atomic mass is 10.3. The van der Waals surface area contributed by atoms with E-state index >= 15 is 0 Å². The first-order chi connectivity index (χ1) is 10.5. The summed E-state index contributed by atoms with van der Waals surface area (Å²) in [6.07, 6.45) is -0.575. The molecule has 22 heavy (non-hydrogen) atoms. The molecular formula is C14H10N2O5S. The Morgan fingerprint density at radius 1 is 1.36 bits per heavy atom. The molecular weight excluding hydrogens is 308 g/mol. The maximum Gasteiger partial charge on any atom is 0.433 e. The van der Waals surface area contributed by atoms with Gasteiger partial charge in [0.1, 0.15) is 9.93 Å². The summed E-state index contributed by atoms with van der Waals surface area (Å²) >= 11 is 1.43. The summed E-state index contributed by atoms with van der Waals surface area (Å²) in [6, 6.07) is 9.92. The van der Waals surface area contributed by atoms with Crippen LogP contribution in [0.4, 0.5) is 5.88 Å². The molecule has 3 rings (SSSR count). The molecule has 112 valence electrons. The first-order valence-corrected chi connectivity index (χ1v) is 7.17. The summed E-state index contributed by atoms with van der Waals surface area (Å²) in [6.45, 7) is 1.69. The van der Waals surface area contributed by atoms with Crippen LogP contribution < -0.4 is 0 Å². The lowest BCUT2D eigenvalue weighted by molar-refractivity contribution is -0.402. The molecule has 7 nitrogen and oxygen atoms in total. The molecule has 0 saturated carbocycles. The highest BCUT2D eigenvalue weighted by Crippen LogP contribution is 2.29. The topological polar surface area (TPSA) is 95.5 Å². The smallest absolute Gasteiger partial charge is 0.433 e. The van der Waals surface area contributed by atoms with Crippen LogP contribution >= 0.6 is 11.3 Å². The standard InChI is InChI=1S/C14H10N2O5S/c1-8(13-15-9-4-2-3-5-11(9)22-13)20-14(17)10-6-7-12(21-10)16(18)19/h2-8H,1H3. The number of rotatable bonds is 4. The highest BCUT2D eigenvalue weighted by Gasteiger charge is 2.22. The number of hydrogen-bond donors (Lipinski definition) is 0. The first-order valence-electron chi connectivity index (χ1n) is 6.35. The predicted octanol–water partition coefficient (Wildman–Crippen LogP) is 3.72. The number of esters is 1. The number of ether oxygens (including phenoxy) is 1. The van der Waals surface area contributed by atoms with E-state index in [0.29, 0.717) is 5.01 Å². The lowest BCUT2D eigenvalue weighted by Crippen LogP contribution is -2.08. The van der Waals surface area contributed by atoms with E-state index in [1.165, 1.54) is 17.4 Å². The van der Waals surface area contributed by atoms with Crippen molar-refractivity contribution in [2.24, 2.45) is 0 Å². The van der Waals surface area contributed by atoms with Crippen LogP contribution in [-0.2, 0) is 4.74 Å². The van der Waals surface area contributed by atoms with Crippen molar-refractivity contribution in [3.8, 4) is 0 Å². The summed E-state index contributed by atoms with van der Waals surface area (Å²) in [4.78, 5) is 26.1. The first kappa shape index (κ1) is 14.2. The molecule has 8 heteroatoms. The third-order valence-electron chi connectivity index (χ3n) is 2.91. The summed E-state index contributed by atoms with van der Waals surface area (Å²) in [5.41, 5.74) is 0.832. The average molecular weight is 318 g/mol. The van der Waals surface area contributed by atoms with Crippen molar-refractivity contribution in [3.05, 3.63) is 57.3 Å². The zero-order chi connectivity index (χ0) is 15.7. The molecule has 0 aliphatic heterocycles. The van der Waals surface area contributed by atoms with Gasteiger partial charge in [-0.25, -0.2) is 9.78 Å². The number of nitro groups is 1. The molecule has 0 aliphatic rings. The van der Waals surface area contributed by atoms with Crippen LogP contribution in [0.2, 0.25) is 0 Å². The Labute approximate surface area is 128 Å². The van der Waals surface area contributed by atoms with Crippen LogP contribution in [0.15, 0.2) is 40.8 Å². The van der Waals surface area contributed by atoms with E-state index in [9.17, 15) is 14.9 Å². The second-order valence-electron chi connectivity index (χ2n) is 4.46. The zero-order valence-corrected chi connectivity index (χ0v) is 12.2. The molecule has 0 amide bonds. The highest BCUT2D eigenvalue weighted by molar-refractivity contribution is 7.18. The third-order valence-corrected chi connectivity index (χ3v) is 4.11. The van der Waals surface area contributed by atoms with Gasteiger partial charge in [-0.15, -0.1) is 11.3 Å². The van der Waals surface area contributed by atoms with Gasteiger partial charge in [0.2, 0.25) is 5.76 Å². The molecule has 0 N–H and O–H groups in total. The van der Waals surface area contributed by atoms with Gasteiger partial charge < -0.3 is 9.15 Å². The van der Waals surface area contributed by atoms with Crippen LogP contribution in [0, 0.1) is 10.1 Å². The molecule has 1 atom stereocenters. The van der Waals surface area contributed by atoms with Gasteiger partial charge in [0.05, 0.1) is 16.3 Å². The summed E-state index contributed by atoms with van der Waals surface area (Å²) in [5.74, 6) is -1.47. The number of thiazole rings is 1. The number of carbonyl (C=O) groups is 1. The molecule has 0 bridgehead atoms. The van der Waals surface area contributed by atoms with Crippen molar-refractivity contribution in [3.63, 3.8) is 0 Å². The Kier molecular flexibility index (Phi) is 3.60. The molecule has 1 aromatic carbocycles. The molecule has 2 aromatic heterocycles. The Morgan fingerprint density at radius 2 is 2.14 bits per heavy atom. The van der Waals surface area contributed by atoms with E-state index in [1.807, 2.05) is 24.3 Å². The van der Waals surface area contributed by atoms with E-state index in [1.54, 1.807) is 6.92 Å². The predicted molar refractivity (Wildman–Crippen MR) is 78.8 cm³/mol. The van der Waals surface area contributed by atoms with Crippen LogP contribution in [0.1, 0.15) is 28.6 Å². The molecule has 3 aromatic rings. The number of fused-ring (bicyclic) bond motifs is 1. The number of furan rings is 1. The minimum absolute atomic E-state index is 0.209. The average Bonchev–Trinajstić information content (AvgIpc) is 3.14. The number of carbonyl (C=O) groups excluding carboxylic acids is 1. The van der Waals surface area contributed by atoms with Crippen molar-refractivity contribution >= 4 is 33.4 Å². The Balaban J connectivity index is 1.76. The molecule has 2 heterocycles. The third kappa shape index (κ3) is 2.68. The van der Waals surface area contributed by atoms with E-state index in [2.05, 4.69) is 4.98 Å². The highest BCUT2D eigenvalue weighted by atomic mass is 32.1. The van der Waals surface area contributed by atoms with Crippen LogP contribution in [0.25, 0.3) is 10.2 Å². The fourth-order valence-electron chi connectivity index (χ4n) is 1.87. The van der Waals surface area contributed by atoms with E-state index in [0.717, 1.165) is 16.3 Å². The zero-order valence-electron chi connectivity index (χ0n) is 11.4. The van der Waals surface area contributed by atoms with E-state index in [4.69, 9.17) is 9.15 Å². The van der Waals surface area contributed by atoms with Gasteiger partial charge in [-0.2, -0.15) is 0 Å². The molecule has 0 aliphatic carbocycles. The fraction of sp³-hybridized carbons (Fsp3) is 0.143. The maximum absolute atomic E-state index is 11.9. The quantitative estimate of drug-likeness (QED) is 0.413. The van der Waals surface area contributed by atoms with Crippen LogP contribution in [0.3, 0.4) is 0 Å². The van der Waals surface area contributed by atoms with Gasteiger partial charge >= 0.3 is 11.9 Å². The monoisotopic (exact) mass is 318 g/mol. The lowest BCUT2D eigenvalue weighted by Gasteiger charge is -2.08.